The van der Waals surface area contributed by atoms with E-state index in [1.807, 2.05) is 0 Å². The van der Waals surface area contributed by atoms with Crippen LogP contribution in [0.3, 0.4) is 0 Å². The zero-order valence-corrected chi connectivity index (χ0v) is 17.7. The maximum absolute atomic E-state index is 14.0. The van der Waals surface area contributed by atoms with Gasteiger partial charge in [0.1, 0.15) is 23.2 Å². The second-order valence-corrected chi connectivity index (χ2v) is 8.22. The molecule has 0 aromatic heterocycles. The molecule has 7 nitrogen and oxygen atoms in total. The maximum Gasteiger partial charge on any atom is 0.259 e. The average molecular weight is 437 g/mol. The van der Waals surface area contributed by atoms with E-state index in [4.69, 9.17) is 4.74 Å². The van der Waals surface area contributed by atoms with Gasteiger partial charge < -0.3 is 20.3 Å². The zero-order valence-electron chi connectivity index (χ0n) is 17.7. The van der Waals surface area contributed by atoms with Gasteiger partial charge in [0.2, 0.25) is 11.8 Å². The highest BCUT2D eigenvalue weighted by molar-refractivity contribution is 5.95. The molecule has 31 heavy (non-hydrogen) atoms. The summed E-state index contributed by atoms with van der Waals surface area (Å²) >= 11 is 0. The molecule has 2 N–H and O–H groups in total. The number of hydrogen-bond donors (Lipinski definition) is 2. The fourth-order valence-corrected chi connectivity index (χ4v) is 4.17. The summed E-state index contributed by atoms with van der Waals surface area (Å²) in [6, 6.07) is 2.63. The number of nitrogens with zero attached hydrogens (tertiary/aromatic N) is 1. The number of rotatable bonds is 1. The lowest BCUT2D eigenvalue weighted by Gasteiger charge is -2.41. The molecule has 1 aromatic rings. The number of halogens is 2. The first kappa shape index (κ1) is 23.1. The molecule has 0 radical (unpaired) electrons. The van der Waals surface area contributed by atoms with Crippen molar-refractivity contribution in [1.29, 1.82) is 0 Å². The summed E-state index contributed by atoms with van der Waals surface area (Å²) in [7, 11) is 0. The second kappa shape index (κ2) is 10.2. The Labute approximate surface area is 180 Å². The van der Waals surface area contributed by atoms with E-state index >= 15 is 0 Å². The van der Waals surface area contributed by atoms with E-state index in [1.165, 1.54) is 11.0 Å². The van der Waals surface area contributed by atoms with Crippen LogP contribution in [0.2, 0.25) is 0 Å². The van der Waals surface area contributed by atoms with Crippen molar-refractivity contribution >= 4 is 17.7 Å². The van der Waals surface area contributed by atoms with Gasteiger partial charge in [-0.3, -0.25) is 14.4 Å². The quantitative estimate of drug-likeness (QED) is 0.704. The predicted molar refractivity (Wildman–Crippen MR) is 109 cm³/mol. The minimum Gasteiger partial charge on any atom is -0.380 e. The van der Waals surface area contributed by atoms with Crippen LogP contribution < -0.4 is 10.6 Å². The van der Waals surface area contributed by atoms with Crippen molar-refractivity contribution in [3.05, 3.63) is 35.4 Å². The third kappa shape index (κ3) is 5.39. The summed E-state index contributed by atoms with van der Waals surface area (Å²) < 4.78 is 33.6. The molecule has 2 fully saturated rings. The lowest BCUT2D eigenvalue weighted by Crippen LogP contribution is -2.54. The van der Waals surface area contributed by atoms with E-state index in [1.54, 1.807) is 6.92 Å². The minimum atomic E-state index is -0.898. The topological polar surface area (TPSA) is 87.7 Å². The molecule has 0 aliphatic carbocycles. The molecule has 2 saturated heterocycles. The number of amides is 3. The van der Waals surface area contributed by atoms with Crippen molar-refractivity contribution in [2.45, 2.75) is 45.1 Å². The van der Waals surface area contributed by atoms with E-state index in [0.717, 1.165) is 25.0 Å². The normalized spacial score (nSPS) is 23.2. The third-order valence-electron chi connectivity index (χ3n) is 6.15. The number of hydrogen-bond acceptors (Lipinski definition) is 4. The van der Waals surface area contributed by atoms with Gasteiger partial charge in [0.05, 0.1) is 12.0 Å². The molecule has 1 spiro atoms. The fraction of sp³-hybridized carbons (Fsp3) is 0.591. The number of carbonyl (C=O) groups excluding carboxylic acids is 3. The number of ether oxygens (including phenoxy) is 1. The van der Waals surface area contributed by atoms with Crippen LogP contribution in [0.5, 0.6) is 0 Å². The number of carbonyl (C=O) groups is 3. The first-order valence-electron chi connectivity index (χ1n) is 10.7. The molecular formula is C22H29F2N3O4. The van der Waals surface area contributed by atoms with Crippen molar-refractivity contribution in [2.75, 3.05) is 32.8 Å². The van der Waals surface area contributed by atoms with Crippen LogP contribution in [0.15, 0.2) is 18.2 Å². The van der Waals surface area contributed by atoms with Gasteiger partial charge >= 0.3 is 0 Å². The molecule has 1 atom stereocenters. The highest BCUT2D eigenvalue weighted by atomic mass is 19.1. The molecule has 1 aromatic carbocycles. The van der Waals surface area contributed by atoms with E-state index in [0.29, 0.717) is 39.0 Å². The number of piperidine rings is 1. The van der Waals surface area contributed by atoms with Crippen LogP contribution in [0.25, 0.3) is 0 Å². The summed E-state index contributed by atoms with van der Waals surface area (Å²) in [6.07, 6.45) is 2.85. The molecule has 3 rings (SSSR count). The standard InChI is InChI=1S/C22H29F2N3O4/c1-15-19(28)25-10-14-31-13-3-2-7-22(21(30)26-15)8-11-27(12-9-22)20(29)18-16(23)5-4-6-17(18)24/h4-6,15H,2-3,7-14H2,1H3,(H,25,28)(H,26,30)/t15-/m0/s1. The zero-order chi connectivity index (χ0) is 22.4. The van der Waals surface area contributed by atoms with Gasteiger partial charge in [-0.1, -0.05) is 12.5 Å². The predicted octanol–water partition coefficient (Wildman–Crippen LogP) is 2.01. The lowest BCUT2D eigenvalue weighted by atomic mass is 9.73. The molecular weight excluding hydrogens is 408 g/mol. The van der Waals surface area contributed by atoms with Crippen LogP contribution in [0.1, 0.15) is 49.4 Å². The number of likely N-dealkylation sites (tertiary alicyclic amines) is 1. The molecule has 3 amide bonds. The monoisotopic (exact) mass is 437 g/mol. The highest BCUT2D eigenvalue weighted by Crippen LogP contribution is 2.38. The minimum absolute atomic E-state index is 0.205. The Bertz CT molecular complexity index is 805. The van der Waals surface area contributed by atoms with Crippen molar-refractivity contribution in [1.82, 2.24) is 15.5 Å². The van der Waals surface area contributed by atoms with Crippen molar-refractivity contribution in [3.63, 3.8) is 0 Å². The van der Waals surface area contributed by atoms with E-state index in [-0.39, 0.29) is 24.9 Å². The fourth-order valence-electron chi connectivity index (χ4n) is 4.17. The summed E-state index contributed by atoms with van der Waals surface area (Å²) in [6.45, 7) is 3.38. The number of benzene rings is 1. The van der Waals surface area contributed by atoms with Gasteiger partial charge in [0.15, 0.2) is 0 Å². The summed E-state index contributed by atoms with van der Waals surface area (Å²) in [5.41, 5.74) is -1.31. The molecule has 0 bridgehead atoms. The molecule has 0 unspecified atom stereocenters. The maximum atomic E-state index is 14.0. The first-order valence-corrected chi connectivity index (χ1v) is 10.7. The highest BCUT2D eigenvalue weighted by Gasteiger charge is 2.43. The van der Waals surface area contributed by atoms with E-state index in [9.17, 15) is 23.2 Å². The largest absolute Gasteiger partial charge is 0.380 e. The van der Waals surface area contributed by atoms with Gasteiger partial charge in [-0.05, 0) is 44.7 Å². The van der Waals surface area contributed by atoms with E-state index < -0.39 is 34.6 Å². The Morgan fingerprint density at radius 2 is 1.77 bits per heavy atom. The number of nitrogens with one attached hydrogen (secondary N) is 2. The second-order valence-electron chi connectivity index (χ2n) is 8.22. The Balaban J connectivity index is 1.73. The van der Waals surface area contributed by atoms with Crippen LogP contribution >= 0.6 is 0 Å². The molecule has 9 heteroatoms. The van der Waals surface area contributed by atoms with Gasteiger partial charge in [-0.15, -0.1) is 0 Å². The molecule has 170 valence electrons. The summed E-state index contributed by atoms with van der Waals surface area (Å²) in [5, 5.41) is 5.54. The van der Waals surface area contributed by atoms with Crippen LogP contribution in [-0.4, -0.2) is 61.5 Å². The molecule has 2 aliphatic rings. The Hall–Kier alpha value is -2.55. The third-order valence-corrected chi connectivity index (χ3v) is 6.15. The summed E-state index contributed by atoms with van der Waals surface area (Å²) in [4.78, 5) is 39.4. The molecule has 2 aliphatic heterocycles. The molecule has 2 heterocycles. The van der Waals surface area contributed by atoms with Crippen LogP contribution in [0, 0.1) is 17.0 Å². The molecule has 0 saturated carbocycles. The van der Waals surface area contributed by atoms with Gasteiger partial charge in [0.25, 0.3) is 5.91 Å². The van der Waals surface area contributed by atoms with Crippen molar-refractivity contribution in [3.8, 4) is 0 Å². The summed E-state index contributed by atoms with van der Waals surface area (Å²) in [5.74, 6) is -3.01. The SMILES string of the molecule is C[C@@H]1NC(=O)C2(CCCCOCCNC1=O)CCN(C(=O)c1c(F)cccc1F)CC2. The van der Waals surface area contributed by atoms with Gasteiger partial charge in [0, 0.05) is 26.2 Å². The first-order chi connectivity index (χ1) is 14.8. The van der Waals surface area contributed by atoms with Crippen molar-refractivity contribution in [2.24, 2.45) is 5.41 Å². The average Bonchev–Trinajstić information content (AvgIpc) is 2.75. The van der Waals surface area contributed by atoms with E-state index in [2.05, 4.69) is 10.6 Å². The van der Waals surface area contributed by atoms with Gasteiger partial charge in [-0.25, -0.2) is 8.78 Å². The Kier molecular flexibility index (Phi) is 7.59. The smallest absolute Gasteiger partial charge is 0.259 e. The lowest BCUT2D eigenvalue weighted by molar-refractivity contribution is -0.137. The van der Waals surface area contributed by atoms with Crippen LogP contribution in [-0.2, 0) is 14.3 Å². The van der Waals surface area contributed by atoms with Crippen molar-refractivity contribution < 1.29 is 27.9 Å². The Morgan fingerprint density at radius 3 is 2.45 bits per heavy atom. The Morgan fingerprint density at radius 1 is 1.10 bits per heavy atom. The van der Waals surface area contributed by atoms with Gasteiger partial charge in [-0.2, -0.15) is 0 Å². The van der Waals surface area contributed by atoms with Crippen LogP contribution in [0.4, 0.5) is 8.78 Å².